The fourth-order valence-electron chi connectivity index (χ4n) is 2.42. The Morgan fingerprint density at radius 1 is 1.21 bits per heavy atom. The maximum absolute atomic E-state index is 11.8. The number of amides is 2. The highest BCUT2D eigenvalue weighted by molar-refractivity contribution is 6.35. The SMILES string of the molecule is C=CCc1cc(/C=N/NC(=O)C(=O)NCc2ccc(C)cc2)cc(OC)c1O. The molecule has 7 nitrogen and oxygen atoms in total. The van der Waals surface area contributed by atoms with Crippen LogP contribution in [0.3, 0.4) is 0 Å². The lowest BCUT2D eigenvalue weighted by atomic mass is 10.1. The largest absolute Gasteiger partial charge is 0.504 e. The third-order valence-electron chi connectivity index (χ3n) is 3.92. The quantitative estimate of drug-likeness (QED) is 0.296. The Morgan fingerprint density at radius 3 is 2.57 bits per heavy atom. The number of allylic oxidation sites excluding steroid dienone is 1. The summed E-state index contributed by atoms with van der Waals surface area (Å²) < 4.78 is 5.12. The van der Waals surface area contributed by atoms with Crippen molar-refractivity contribution in [1.29, 1.82) is 0 Å². The molecule has 2 amide bonds. The van der Waals surface area contributed by atoms with E-state index in [0.717, 1.165) is 11.1 Å². The number of aromatic hydroxyl groups is 1. The van der Waals surface area contributed by atoms with Crippen molar-refractivity contribution in [3.8, 4) is 11.5 Å². The topological polar surface area (TPSA) is 100 Å². The predicted molar refractivity (Wildman–Crippen MR) is 107 cm³/mol. The first kappa shape index (κ1) is 20.7. The van der Waals surface area contributed by atoms with Crippen LogP contribution in [0.1, 0.15) is 22.3 Å². The predicted octanol–water partition coefficient (Wildman–Crippen LogP) is 2.20. The van der Waals surface area contributed by atoms with Crippen LogP contribution in [-0.4, -0.2) is 30.2 Å². The van der Waals surface area contributed by atoms with Crippen molar-refractivity contribution in [3.05, 3.63) is 71.3 Å². The van der Waals surface area contributed by atoms with E-state index in [0.29, 0.717) is 17.5 Å². The van der Waals surface area contributed by atoms with Crippen LogP contribution in [0.4, 0.5) is 0 Å². The first-order chi connectivity index (χ1) is 13.4. The number of hydrazone groups is 1. The van der Waals surface area contributed by atoms with Crippen molar-refractivity contribution < 1.29 is 19.4 Å². The number of phenols is 1. The van der Waals surface area contributed by atoms with E-state index >= 15 is 0 Å². The summed E-state index contributed by atoms with van der Waals surface area (Å²) in [5.41, 5.74) is 5.38. The number of aryl methyl sites for hydroxylation is 1. The lowest BCUT2D eigenvalue weighted by Crippen LogP contribution is -2.37. The van der Waals surface area contributed by atoms with Gasteiger partial charge in [-0.2, -0.15) is 5.10 Å². The average molecular weight is 381 g/mol. The van der Waals surface area contributed by atoms with Gasteiger partial charge in [0.2, 0.25) is 0 Å². The standard InChI is InChI=1S/C21H23N3O4/c1-4-5-17-10-16(11-18(28-3)19(17)25)13-23-24-21(27)20(26)22-12-15-8-6-14(2)7-9-15/h4,6-11,13,25H,1,5,12H2,2-3H3,(H,22,26)(H,24,27)/b23-13+. The van der Waals surface area contributed by atoms with Crippen LogP contribution in [0, 0.1) is 6.92 Å². The first-order valence-corrected chi connectivity index (χ1v) is 8.62. The van der Waals surface area contributed by atoms with Gasteiger partial charge >= 0.3 is 11.8 Å². The third kappa shape index (κ3) is 5.70. The number of phenolic OH excluding ortho intramolecular Hbond substituents is 1. The summed E-state index contributed by atoms with van der Waals surface area (Å²) in [6, 6.07) is 10.9. The van der Waals surface area contributed by atoms with Gasteiger partial charge in [-0.3, -0.25) is 9.59 Å². The lowest BCUT2D eigenvalue weighted by Gasteiger charge is -2.09. The van der Waals surface area contributed by atoms with E-state index in [4.69, 9.17) is 4.74 Å². The molecule has 0 unspecified atom stereocenters. The van der Waals surface area contributed by atoms with Crippen molar-refractivity contribution in [2.24, 2.45) is 5.10 Å². The molecule has 2 rings (SSSR count). The van der Waals surface area contributed by atoms with Crippen LogP contribution < -0.4 is 15.5 Å². The number of methoxy groups -OCH3 is 1. The summed E-state index contributed by atoms with van der Waals surface area (Å²) in [6.45, 7) is 5.86. The molecule has 146 valence electrons. The Bertz CT molecular complexity index is 889. The fourth-order valence-corrected chi connectivity index (χ4v) is 2.42. The number of rotatable bonds is 7. The minimum Gasteiger partial charge on any atom is -0.504 e. The van der Waals surface area contributed by atoms with Gasteiger partial charge in [-0.1, -0.05) is 35.9 Å². The van der Waals surface area contributed by atoms with E-state index in [1.165, 1.54) is 13.3 Å². The highest BCUT2D eigenvalue weighted by Crippen LogP contribution is 2.31. The molecule has 0 bridgehead atoms. The minimum atomic E-state index is -0.875. The minimum absolute atomic E-state index is 0.0269. The van der Waals surface area contributed by atoms with Crippen molar-refractivity contribution in [2.45, 2.75) is 19.9 Å². The second kappa shape index (κ2) is 9.91. The zero-order valence-electron chi connectivity index (χ0n) is 15.9. The maximum atomic E-state index is 11.8. The average Bonchev–Trinajstić information content (AvgIpc) is 2.69. The summed E-state index contributed by atoms with van der Waals surface area (Å²) in [5.74, 6) is -1.35. The van der Waals surface area contributed by atoms with E-state index in [9.17, 15) is 14.7 Å². The first-order valence-electron chi connectivity index (χ1n) is 8.62. The third-order valence-corrected chi connectivity index (χ3v) is 3.92. The number of ether oxygens (including phenoxy) is 1. The number of hydrogen-bond acceptors (Lipinski definition) is 5. The molecule has 0 heterocycles. The number of nitrogens with zero attached hydrogens (tertiary/aromatic N) is 1. The highest BCUT2D eigenvalue weighted by atomic mass is 16.5. The zero-order chi connectivity index (χ0) is 20.5. The van der Waals surface area contributed by atoms with E-state index in [1.807, 2.05) is 31.2 Å². The number of nitrogens with one attached hydrogen (secondary N) is 2. The summed E-state index contributed by atoms with van der Waals surface area (Å²) in [5, 5.41) is 16.4. The van der Waals surface area contributed by atoms with Gasteiger partial charge in [0.1, 0.15) is 0 Å². The molecule has 28 heavy (non-hydrogen) atoms. The molecule has 0 atom stereocenters. The second-order valence-electron chi connectivity index (χ2n) is 6.09. The lowest BCUT2D eigenvalue weighted by molar-refractivity contribution is -0.139. The van der Waals surface area contributed by atoms with Crippen LogP contribution in [0.2, 0.25) is 0 Å². The Kier molecular flexibility index (Phi) is 7.33. The summed E-state index contributed by atoms with van der Waals surface area (Å²) >= 11 is 0. The summed E-state index contributed by atoms with van der Waals surface area (Å²) in [7, 11) is 1.44. The second-order valence-corrected chi connectivity index (χ2v) is 6.09. The highest BCUT2D eigenvalue weighted by Gasteiger charge is 2.12. The van der Waals surface area contributed by atoms with Crippen molar-refractivity contribution in [1.82, 2.24) is 10.7 Å². The molecule has 0 aliphatic heterocycles. The molecule has 3 N–H and O–H groups in total. The zero-order valence-corrected chi connectivity index (χ0v) is 15.9. The molecule has 0 aromatic heterocycles. The number of hydrogen-bond donors (Lipinski definition) is 3. The number of carbonyl (C=O) groups excluding carboxylic acids is 2. The van der Waals surface area contributed by atoms with E-state index in [1.54, 1.807) is 18.2 Å². The van der Waals surface area contributed by atoms with Gasteiger partial charge < -0.3 is 15.2 Å². The monoisotopic (exact) mass is 381 g/mol. The fraction of sp³-hybridized carbons (Fsp3) is 0.190. The molecular formula is C21H23N3O4. The summed E-state index contributed by atoms with van der Waals surface area (Å²) in [6.07, 6.45) is 3.45. The van der Waals surface area contributed by atoms with E-state index < -0.39 is 11.8 Å². The van der Waals surface area contributed by atoms with Gasteiger partial charge in [-0.15, -0.1) is 6.58 Å². The molecule has 7 heteroatoms. The van der Waals surface area contributed by atoms with Gasteiger partial charge in [-0.05, 0) is 36.6 Å². The number of benzene rings is 2. The Hall–Kier alpha value is -3.61. The van der Waals surface area contributed by atoms with Gasteiger partial charge in [0, 0.05) is 12.1 Å². The molecule has 0 fully saturated rings. The van der Waals surface area contributed by atoms with E-state index in [2.05, 4.69) is 22.4 Å². The van der Waals surface area contributed by atoms with Gasteiger partial charge in [0.05, 0.1) is 13.3 Å². The smallest absolute Gasteiger partial charge is 0.329 e. The molecule has 0 aliphatic rings. The van der Waals surface area contributed by atoms with Gasteiger partial charge in [0.15, 0.2) is 11.5 Å². The molecule has 0 radical (unpaired) electrons. The van der Waals surface area contributed by atoms with Crippen molar-refractivity contribution >= 4 is 18.0 Å². The Morgan fingerprint density at radius 2 is 1.93 bits per heavy atom. The molecule has 2 aromatic carbocycles. The van der Waals surface area contributed by atoms with Crippen LogP contribution in [0.15, 0.2) is 54.2 Å². The van der Waals surface area contributed by atoms with Crippen molar-refractivity contribution in [3.63, 3.8) is 0 Å². The Labute approximate surface area is 163 Å². The van der Waals surface area contributed by atoms with Gasteiger partial charge in [-0.25, -0.2) is 5.43 Å². The van der Waals surface area contributed by atoms with Crippen LogP contribution >= 0.6 is 0 Å². The van der Waals surface area contributed by atoms with Gasteiger partial charge in [0.25, 0.3) is 0 Å². The van der Waals surface area contributed by atoms with Crippen LogP contribution in [0.5, 0.6) is 11.5 Å². The molecule has 0 saturated heterocycles. The molecule has 0 aliphatic carbocycles. The van der Waals surface area contributed by atoms with Crippen LogP contribution in [0.25, 0.3) is 0 Å². The Balaban J connectivity index is 1.94. The molecule has 0 spiro atoms. The molecule has 2 aromatic rings. The number of carbonyl (C=O) groups is 2. The summed E-state index contributed by atoms with van der Waals surface area (Å²) in [4.78, 5) is 23.7. The van der Waals surface area contributed by atoms with Crippen LogP contribution in [-0.2, 0) is 22.6 Å². The normalized spacial score (nSPS) is 10.5. The van der Waals surface area contributed by atoms with E-state index in [-0.39, 0.29) is 18.0 Å². The van der Waals surface area contributed by atoms with Crippen molar-refractivity contribution in [2.75, 3.05) is 7.11 Å². The maximum Gasteiger partial charge on any atom is 0.329 e. The molecule has 0 saturated carbocycles. The molecular weight excluding hydrogens is 358 g/mol.